The summed E-state index contributed by atoms with van der Waals surface area (Å²) in [6.45, 7) is 0.488. The van der Waals surface area contributed by atoms with E-state index in [0.29, 0.717) is 25.1 Å². The second-order valence-corrected chi connectivity index (χ2v) is 6.54. The molecule has 0 aliphatic carbocycles. The van der Waals surface area contributed by atoms with E-state index in [0.717, 1.165) is 0 Å². The number of carbonyl (C=O) groups excluding carboxylic acids is 1. The molecule has 2 rings (SSSR count). The number of carboxylic acid groups (broad SMARTS) is 1. The number of nitro groups is 1. The number of methoxy groups -OCH3 is 1. The summed E-state index contributed by atoms with van der Waals surface area (Å²) in [5.41, 5.74) is -0.857. The van der Waals surface area contributed by atoms with Crippen molar-refractivity contribution in [2.45, 2.75) is 12.8 Å². The average molecular weight is 365 g/mol. The molecule has 9 heteroatoms. The number of amides is 1. The topological polar surface area (TPSA) is 113 Å². The van der Waals surface area contributed by atoms with Crippen molar-refractivity contribution >= 4 is 23.3 Å². The fourth-order valence-electron chi connectivity index (χ4n) is 3.30. The Bertz CT molecular complexity index is 691. The Kier molecular flexibility index (Phi) is 6.14. The van der Waals surface area contributed by atoms with E-state index in [1.807, 2.05) is 0 Å². The molecule has 1 aliphatic heterocycles. The Morgan fingerprint density at radius 1 is 1.42 bits per heavy atom. The van der Waals surface area contributed by atoms with Crippen molar-refractivity contribution in [3.63, 3.8) is 0 Å². The predicted molar refractivity (Wildman–Crippen MR) is 94.1 cm³/mol. The third kappa shape index (κ3) is 4.10. The van der Waals surface area contributed by atoms with Gasteiger partial charge in [-0.1, -0.05) is 12.1 Å². The van der Waals surface area contributed by atoms with Gasteiger partial charge in [0.2, 0.25) is 5.91 Å². The number of anilines is 1. The lowest BCUT2D eigenvalue weighted by Gasteiger charge is -2.40. The van der Waals surface area contributed by atoms with E-state index in [4.69, 9.17) is 4.74 Å². The number of ether oxygens (including phenoxy) is 1. The highest BCUT2D eigenvalue weighted by atomic mass is 16.6. The largest absolute Gasteiger partial charge is 0.481 e. The molecule has 1 aliphatic rings. The molecule has 1 amide bonds. The summed E-state index contributed by atoms with van der Waals surface area (Å²) in [7, 11) is 3.04. The number of carboxylic acids is 1. The quantitative estimate of drug-likeness (QED) is 0.573. The summed E-state index contributed by atoms with van der Waals surface area (Å²) in [5, 5.41) is 20.7. The summed E-state index contributed by atoms with van der Waals surface area (Å²) in [5.74, 6) is -1.25. The number of rotatable bonds is 7. The normalized spacial score (nSPS) is 19.8. The van der Waals surface area contributed by atoms with Crippen molar-refractivity contribution in [1.29, 1.82) is 0 Å². The van der Waals surface area contributed by atoms with Gasteiger partial charge in [-0.2, -0.15) is 0 Å². The molecular formula is C17H23N3O6. The third-order valence-electron chi connectivity index (χ3n) is 4.67. The highest BCUT2D eigenvalue weighted by Gasteiger charge is 2.43. The van der Waals surface area contributed by atoms with Gasteiger partial charge in [0.25, 0.3) is 5.69 Å². The molecule has 1 saturated heterocycles. The van der Waals surface area contributed by atoms with E-state index >= 15 is 0 Å². The Labute approximate surface area is 151 Å². The zero-order chi connectivity index (χ0) is 19.3. The standard InChI is InChI=1S/C17H23N3O6/c1-18(13-6-3-4-7-14(13)20(24)25)10-15(21)19-9-5-8-17(11-19,12-26-2)16(22)23/h3-4,6-7H,5,8-12H2,1-2H3,(H,22,23). The molecule has 9 nitrogen and oxygen atoms in total. The molecule has 1 atom stereocenters. The fraction of sp³-hybridized carbons (Fsp3) is 0.529. The summed E-state index contributed by atoms with van der Waals surface area (Å²) in [6, 6.07) is 6.19. The Hall–Kier alpha value is -2.68. The lowest BCUT2D eigenvalue weighted by atomic mass is 9.80. The first-order valence-electron chi connectivity index (χ1n) is 8.25. The van der Waals surface area contributed by atoms with Gasteiger partial charge in [-0.3, -0.25) is 19.7 Å². The van der Waals surface area contributed by atoms with Gasteiger partial charge >= 0.3 is 5.97 Å². The molecule has 1 fully saturated rings. The highest BCUT2D eigenvalue weighted by Crippen LogP contribution is 2.31. The number of piperidine rings is 1. The van der Waals surface area contributed by atoms with Gasteiger partial charge in [0, 0.05) is 33.3 Å². The van der Waals surface area contributed by atoms with E-state index in [-0.39, 0.29) is 31.3 Å². The van der Waals surface area contributed by atoms with Crippen LogP contribution in [0.3, 0.4) is 0 Å². The zero-order valence-electron chi connectivity index (χ0n) is 14.9. The molecule has 0 bridgehead atoms. The van der Waals surface area contributed by atoms with Gasteiger partial charge in [-0.15, -0.1) is 0 Å². The number of likely N-dealkylation sites (N-methyl/N-ethyl adjacent to an activating group) is 1. The van der Waals surface area contributed by atoms with Crippen molar-refractivity contribution in [3.8, 4) is 0 Å². The number of carbonyl (C=O) groups is 2. The molecule has 0 aromatic heterocycles. The molecule has 1 heterocycles. The van der Waals surface area contributed by atoms with Gasteiger partial charge < -0.3 is 19.6 Å². The summed E-state index contributed by atoms with van der Waals surface area (Å²) in [6.07, 6.45) is 1.01. The molecule has 26 heavy (non-hydrogen) atoms. The van der Waals surface area contributed by atoms with Gasteiger partial charge in [0.05, 0.1) is 18.1 Å². The van der Waals surface area contributed by atoms with Crippen molar-refractivity contribution in [2.24, 2.45) is 5.41 Å². The molecule has 1 unspecified atom stereocenters. The summed E-state index contributed by atoms with van der Waals surface area (Å²) >= 11 is 0. The van der Waals surface area contributed by atoms with Gasteiger partial charge in [0.15, 0.2) is 0 Å². The van der Waals surface area contributed by atoms with E-state index in [1.54, 1.807) is 25.2 Å². The maximum atomic E-state index is 12.7. The predicted octanol–water partition coefficient (Wildman–Crippen LogP) is 1.37. The van der Waals surface area contributed by atoms with Crippen LogP contribution in [0.25, 0.3) is 0 Å². The molecule has 1 N–H and O–H groups in total. The minimum atomic E-state index is -1.11. The van der Waals surface area contributed by atoms with Crippen LogP contribution in [0.1, 0.15) is 12.8 Å². The molecule has 0 saturated carbocycles. The van der Waals surface area contributed by atoms with E-state index in [2.05, 4.69) is 0 Å². The van der Waals surface area contributed by atoms with Gasteiger partial charge in [0.1, 0.15) is 11.1 Å². The maximum Gasteiger partial charge on any atom is 0.313 e. The van der Waals surface area contributed by atoms with Crippen LogP contribution in [0.15, 0.2) is 24.3 Å². The minimum Gasteiger partial charge on any atom is -0.481 e. The van der Waals surface area contributed by atoms with Gasteiger partial charge in [-0.25, -0.2) is 0 Å². The Morgan fingerprint density at radius 2 is 2.12 bits per heavy atom. The lowest BCUT2D eigenvalue weighted by Crippen LogP contribution is -2.53. The first-order valence-corrected chi connectivity index (χ1v) is 8.25. The number of likely N-dealkylation sites (tertiary alicyclic amines) is 1. The van der Waals surface area contributed by atoms with Crippen LogP contribution < -0.4 is 4.90 Å². The number of nitrogens with zero attached hydrogens (tertiary/aromatic N) is 3. The van der Waals surface area contributed by atoms with Crippen molar-refractivity contribution < 1.29 is 24.4 Å². The van der Waals surface area contributed by atoms with Crippen molar-refractivity contribution in [2.75, 3.05) is 45.3 Å². The monoisotopic (exact) mass is 365 g/mol. The van der Waals surface area contributed by atoms with E-state index in [9.17, 15) is 24.8 Å². The van der Waals surface area contributed by atoms with E-state index in [1.165, 1.54) is 23.0 Å². The average Bonchev–Trinajstić information content (AvgIpc) is 2.61. The number of nitro benzene ring substituents is 1. The molecule has 142 valence electrons. The molecule has 1 aromatic carbocycles. The van der Waals surface area contributed by atoms with Gasteiger partial charge in [-0.05, 0) is 18.9 Å². The van der Waals surface area contributed by atoms with Crippen LogP contribution in [0.4, 0.5) is 11.4 Å². The van der Waals surface area contributed by atoms with Crippen molar-refractivity contribution in [3.05, 3.63) is 34.4 Å². The van der Waals surface area contributed by atoms with Crippen molar-refractivity contribution in [1.82, 2.24) is 4.90 Å². The van der Waals surface area contributed by atoms with Crippen LogP contribution >= 0.6 is 0 Å². The van der Waals surface area contributed by atoms with E-state index < -0.39 is 16.3 Å². The minimum absolute atomic E-state index is 0.0338. The number of benzene rings is 1. The second kappa shape index (κ2) is 8.13. The van der Waals surface area contributed by atoms with Crippen LogP contribution in [-0.4, -0.2) is 67.2 Å². The molecule has 0 spiro atoms. The summed E-state index contributed by atoms with van der Waals surface area (Å²) < 4.78 is 5.06. The lowest BCUT2D eigenvalue weighted by molar-refractivity contribution is -0.384. The number of hydrogen-bond acceptors (Lipinski definition) is 6. The SMILES string of the molecule is COCC1(C(=O)O)CCCN(C(=O)CN(C)c2ccccc2[N+](=O)[O-])C1. The first kappa shape index (κ1) is 19.6. The van der Waals surface area contributed by atoms with Crippen LogP contribution in [0, 0.1) is 15.5 Å². The summed E-state index contributed by atoms with van der Waals surface area (Å²) in [4.78, 5) is 38.0. The number of aliphatic carboxylic acids is 1. The first-order chi connectivity index (χ1) is 12.3. The Balaban J connectivity index is 2.12. The molecular weight excluding hydrogens is 342 g/mol. The third-order valence-corrected chi connectivity index (χ3v) is 4.67. The Morgan fingerprint density at radius 3 is 2.73 bits per heavy atom. The van der Waals surface area contributed by atoms with Crippen LogP contribution in [0.5, 0.6) is 0 Å². The second-order valence-electron chi connectivity index (χ2n) is 6.54. The maximum absolute atomic E-state index is 12.7. The molecule has 1 aromatic rings. The van der Waals surface area contributed by atoms with Crippen LogP contribution in [-0.2, 0) is 14.3 Å². The number of hydrogen-bond donors (Lipinski definition) is 1. The highest BCUT2D eigenvalue weighted by molar-refractivity contribution is 5.84. The number of para-hydroxylation sites is 2. The molecule has 0 radical (unpaired) electrons. The zero-order valence-corrected chi connectivity index (χ0v) is 14.9. The smallest absolute Gasteiger partial charge is 0.313 e. The fourth-order valence-corrected chi connectivity index (χ4v) is 3.30. The van der Waals surface area contributed by atoms with Crippen LogP contribution in [0.2, 0.25) is 0 Å².